The summed E-state index contributed by atoms with van der Waals surface area (Å²) in [6.45, 7) is 0.887. The number of aryl methyl sites for hydroxylation is 2. The Kier molecular flexibility index (Phi) is 4.94. The van der Waals surface area contributed by atoms with Gasteiger partial charge in [0.05, 0.1) is 16.8 Å². The van der Waals surface area contributed by atoms with Crippen LogP contribution in [0.5, 0.6) is 0 Å². The summed E-state index contributed by atoms with van der Waals surface area (Å²) >= 11 is 1.67. The molecule has 7 rings (SSSR count). The highest BCUT2D eigenvalue weighted by Crippen LogP contribution is 2.60. The monoisotopic (exact) mass is 430 g/mol. The highest BCUT2D eigenvalue weighted by molar-refractivity contribution is 7.99. The summed E-state index contributed by atoms with van der Waals surface area (Å²) in [5, 5.41) is 0.996. The molecule has 4 bridgehead atoms. The fourth-order valence-corrected chi connectivity index (χ4v) is 8.08. The zero-order chi connectivity index (χ0) is 20.8. The number of thioether (sulfide) groups is 1. The maximum absolute atomic E-state index is 13.5. The summed E-state index contributed by atoms with van der Waals surface area (Å²) in [5.41, 5.74) is 3.52. The maximum Gasteiger partial charge on any atom is 0.169 e. The van der Waals surface area contributed by atoms with Crippen molar-refractivity contribution < 1.29 is 4.79 Å². The molecule has 0 radical (unpaired) electrons. The average Bonchev–Trinajstić information content (AvgIpc) is 3.13. The summed E-state index contributed by atoms with van der Waals surface area (Å²) in [7, 11) is 0. The van der Waals surface area contributed by atoms with E-state index in [1.807, 2.05) is 6.07 Å². The number of hydrogen-bond acceptors (Lipinski definition) is 3. The Bertz CT molecular complexity index is 1070. The van der Waals surface area contributed by atoms with E-state index in [1.165, 1.54) is 30.3 Å². The lowest BCUT2D eigenvalue weighted by atomic mass is 9.48. The number of aromatic nitrogens is 2. The van der Waals surface area contributed by atoms with Gasteiger partial charge in [-0.15, -0.1) is 0 Å². The van der Waals surface area contributed by atoms with Crippen molar-refractivity contribution in [1.82, 2.24) is 9.55 Å². The summed E-state index contributed by atoms with van der Waals surface area (Å²) in [6, 6.07) is 19.0. The number of carbonyl (C=O) groups excluding carboxylic acids is 1. The van der Waals surface area contributed by atoms with E-state index >= 15 is 0 Å². The quantitative estimate of drug-likeness (QED) is 0.421. The van der Waals surface area contributed by atoms with E-state index < -0.39 is 0 Å². The zero-order valence-corrected chi connectivity index (χ0v) is 18.8. The Morgan fingerprint density at radius 3 is 2.29 bits per heavy atom. The van der Waals surface area contributed by atoms with Crippen molar-refractivity contribution in [3.8, 4) is 0 Å². The van der Waals surface area contributed by atoms with Gasteiger partial charge in [0.25, 0.3) is 0 Å². The molecular weight excluding hydrogens is 400 g/mol. The highest BCUT2D eigenvalue weighted by atomic mass is 32.2. The number of rotatable bonds is 7. The average molecular weight is 431 g/mol. The maximum atomic E-state index is 13.5. The van der Waals surface area contributed by atoms with Crippen molar-refractivity contribution in [3.63, 3.8) is 0 Å². The van der Waals surface area contributed by atoms with Gasteiger partial charge in [0.15, 0.2) is 5.16 Å². The first kappa shape index (κ1) is 19.6. The third kappa shape index (κ3) is 3.63. The Balaban J connectivity index is 1.21. The predicted octanol–water partition coefficient (Wildman–Crippen LogP) is 6.16. The number of nitrogens with zero attached hydrogens (tertiary/aromatic N) is 2. The fourth-order valence-electron chi connectivity index (χ4n) is 7.00. The number of ketones is 1. The van der Waals surface area contributed by atoms with E-state index in [2.05, 4.69) is 53.1 Å². The molecule has 160 valence electrons. The number of carbonyl (C=O) groups is 1. The molecule has 0 unspecified atom stereocenters. The van der Waals surface area contributed by atoms with E-state index in [-0.39, 0.29) is 5.41 Å². The smallest absolute Gasteiger partial charge is 0.169 e. The molecule has 3 nitrogen and oxygen atoms in total. The van der Waals surface area contributed by atoms with Crippen LogP contribution in [-0.2, 0) is 17.8 Å². The Hall–Kier alpha value is -2.07. The van der Waals surface area contributed by atoms with Gasteiger partial charge in [0.1, 0.15) is 5.78 Å². The van der Waals surface area contributed by atoms with Crippen LogP contribution in [0.2, 0.25) is 0 Å². The molecule has 31 heavy (non-hydrogen) atoms. The molecule has 4 heteroatoms. The van der Waals surface area contributed by atoms with Crippen LogP contribution in [0.25, 0.3) is 11.0 Å². The lowest BCUT2D eigenvalue weighted by molar-refractivity contribution is -0.141. The largest absolute Gasteiger partial charge is 0.319 e. The van der Waals surface area contributed by atoms with Crippen molar-refractivity contribution in [2.75, 3.05) is 5.75 Å². The van der Waals surface area contributed by atoms with Crippen molar-refractivity contribution in [3.05, 3.63) is 60.2 Å². The second-order valence-electron chi connectivity index (χ2n) is 10.2. The van der Waals surface area contributed by atoms with E-state index in [9.17, 15) is 4.79 Å². The first-order chi connectivity index (χ1) is 15.2. The molecule has 4 saturated carbocycles. The summed E-state index contributed by atoms with van der Waals surface area (Å²) in [5.74, 6) is 3.51. The van der Waals surface area contributed by atoms with Gasteiger partial charge in [0.2, 0.25) is 0 Å². The van der Waals surface area contributed by atoms with E-state index in [0.717, 1.165) is 60.7 Å². The van der Waals surface area contributed by atoms with Crippen LogP contribution < -0.4 is 0 Å². The molecule has 0 N–H and O–H groups in total. The van der Waals surface area contributed by atoms with Crippen molar-refractivity contribution in [2.24, 2.45) is 23.2 Å². The van der Waals surface area contributed by atoms with Crippen molar-refractivity contribution >= 4 is 28.6 Å². The number of para-hydroxylation sites is 2. The molecule has 0 spiro atoms. The Labute approximate surface area is 188 Å². The van der Waals surface area contributed by atoms with E-state index in [0.29, 0.717) is 11.5 Å². The molecule has 0 aliphatic heterocycles. The van der Waals surface area contributed by atoms with Gasteiger partial charge in [0, 0.05) is 12.0 Å². The van der Waals surface area contributed by atoms with Crippen molar-refractivity contribution in [1.29, 1.82) is 0 Å². The lowest BCUT2D eigenvalue weighted by Gasteiger charge is -2.56. The second kappa shape index (κ2) is 7.81. The van der Waals surface area contributed by atoms with Crippen LogP contribution in [0.3, 0.4) is 0 Å². The van der Waals surface area contributed by atoms with E-state index in [1.54, 1.807) is 11.8 Å². The molecule has 1 heterocycles. The molecule has 3 aromatic rings. The highest BCUT2D eigenvalue weighted by Gasteiger charge is 2.54. The van der Waals surface area contributed by atoms with Gasteiger partial charge in [-0.2, -0.15) is 0 Å². The number of hydrogen-bond donors (Lipinski definition) is 0. The minimum absolute atomic E-state index is 0.0113. The normalized spacial score (nSPS) is 29.0. The SMILES string of the molecule is O=C(CSc1nc2ccccc2n1CCc1ccccc1)C12CC3CC(CC(C3)C1)C2. The van der Waals surface area contributed by atoms with Gasteiger partial charge in [-0.05, 0) is 80.4 Å². The minimum Gasteiger partial charge on any atom is -0.319 e. The second-order valence-corrected chi connectivity index (χ2v) is 11.1. The minimum atomic E-state index is -0.0113. The van der Waals surface area contributed by atoms with E-state index in [4.69, 9.17) is 4.98 Å². The number of benzene rings is 2. The van der Waals surface area contributed by atoms with Gasteiger partial charge in [-0.1, -0.05) is 54.2 Å². The van der Waals surface area contributed by atoms with Gasteiger partial charge < -0.3 is 4.57 Å². The van der Waals surface area contributed by atoms with Crippen LogP contribution in [0.1, 0.15) is 44.1 Å². The summed E-state index contributed by atoms with van der Waals surface area (Å²) < 4.78 is 2.32. The van der Waals surface area contributed by atoms with Crippen LogP contribution in [0.15, 0.2) is 59.8 Å². The molecular formula is C27H30N2OS. The third-order valence-corrected chi connectivity index (χ3v) is 9.02. The Morgan fingerprint density at radius 1 is 0.935 bits per heavy atom. The Morgan fingerprint density at radius 2 is 1.58 bits per heavy atom. The lowest BCUT2D eigenvalue weighted by Crippen LogP contribution is -2.50. The predicted molar refractivity (Wildman–Crippen MR) is 126 cm³/mol. The van der Waals surface area contributed by atoms with Gasteiger partial charge in [-0.3, -0.25) is 4.79 Å². The van der Waals surface area contributed by atoms with Crippen LogP contribution in [-0.4, -0.2) is 21.1 Å². The van der Waals surface area contributed by atoms with Crippen LogP contribution in [0.4, 0.5) is 0 Å². The first-order valence-corrected chi connectivity index (χ1v) is 12.8. The zero-order valence-electron chi connectivity index (χ0n) is 18.0. The van der Waals surface area contributed by atoms with Gasteiger partial charge in [-0.25, -0.2) is 4.98 Å². The number of fused-ring (bicyclic) bond motifs is 1. The third-order valence-electron chi connectivity index (χ3n) is 8.05. The molecule has 1 aromatic heterocycles. The number of Topliss-reactive ketones (excluding diaryl/α,β-unsaturated/α-hetero) is 1. The summed E-state index contributed by atoms with van der Waals surface area (Å²) in [6.07, 6.45) is 8.59. The number of imidazole rings is 1. The molecule has 4 aliphatic rings. The topological polar surface area (TPSA) is 34.9 Å². The molecule has 0 saturated heterocycles. The van der Waals surface area contributed by atoms with Crippen LogP contribution in [0, 0.1) is 23.2 Å². The molecule has 2 aromatic carbocycles. The molecule has 4 fully saturated rings. The molecule has 4 aliphatic carbocycles. The first-order valence-electron chi connectivity index (χ1n) is 11.8. The molecule has 0 atom stereocenters. The summed E-state index contributed by atoms with van der Waals surface area (Å²) in [4.78, 5) is 18.4. The molecule has 0 amide bonds. The standard InChI is InChI=1S/C27H30N2OS/c30-25(27-15-20-12-21(16-27)14-22(13-20)17-27)18-31-26-28-23-8-4-5-9-24(23)29(26)11-10-19-6-2-1-3-7-19/h1-9,20-22H,10-18H2. The van der Waals surface area contributed by atoms with Gasteiger partial charge >= 0.3 is 0 Å². The fraction of sp³-hybridized carbons (Fsp3) is 0.481. The van der Waals surface area contributed by atoms with Crippen LogP contribution >= 0.6 is 11.8 Å². The van der Waals surface area contributed by atoms with Crippen molar-refractivity contribution in [2.45, 2.75) is 56.6 Å².